The lowest BCUT2D eigenvalue weighted by Gasteiger charge is -2.17. The molecule has 0 fully saturated rings. The average molecular weight is 403 g/mol. The van der Waals surface area contributed by atoms with Crippen LogP contribution in [0.1, 0.15) is 15.9 Å². The van der Waals surface area contributed by atoms with Crippen LogP contribution in [0.4, 0.5) is 0 Å². The van der Waals surface area contributed by atoms with Gasteiger partial charge < -0.3 is 18.9 Å². The monoisotopic (exact) mass is 402 g/mol. The first-order valence-corrected chi connectivity index (χ1v) is 12.6. The highest BCUT2D eigenvalue weighted by Gasteiger charge is 2.21. The zero-order valence-corrected chi connectivity index (χ0v) is 17.9. The average Bonchev–Trinajstić information content (AvgIpc) is 2.66. The Morgan fingerprint density at radius 3 is 2.32 bits per heavy atom. The molecule has 0 spiro atoms. The molecule has 7 nitrogen and oxygen atoms in total. The summed E-state index contributed by atoms with van der Waals surface area (Å²) in [6, 6.07) is 7.57. The number of benzene rings is 1. The maximum atomic E-state index is 12.7. The van der Waals surface area contributed by atoms with Gasteiger partial charge in [0.05, 0.1) is 26.9 Å². The van der Waals surface area contributed by atoms with Crippen molar-refractivity contribution in [2.45, 2.75) is 25.7 Å². The Balaban J connectivity index is 2.32. The highest BCUT2D eigenvalue weighted by atomic mass is 28.3. The van der Waals surface area contributed by atoms with E-state index in [-0.39, 0.29) is 29.1 Å². The molecule has 0 saturated carbocycles. The van der Waals surface area contributed by atoms with Crippen molar-refractivity contribution in [3.8, 4) is 23.5 Å². The molecule has 0 aliphatic carbocycles. The summed E-state index contributed by atoms with van der Waals surface area (Å²) in [5.41, 5.74) is 0.879. The van der Waals surface area contributed by atoms with Crippen LogP contribution >= 0.6 is 0 Å². The number of ether oxygens (including phenoxy) is 4. The Hall–Kier alpha value is -2.87. The smallest absolute Gasteiger partial charge is 0.342 e. The van der Waals surface area contributed by atoms with Gasteiger partial charge in [0.2, 0.25) is 11.8 Å². The van der Waals surface area contributed by atoms with Gasteiger partial charge in [0.25, 0.3) is 0 Å². The molecule has 1 aromatic heterocycles. The van der Waals surface area contributed by atoms with Crippen LogP contribution in [-0.4, -0.2) is 44.8 Å². The van der Waals surface area contributed by atoms with Gasteiger partial charge >= 0.3 is 12.0 Å². The van der Waals surface area contributed by atoms with Crippen LogP contribution in [0.3, 0.4) is 0 Å². The summed E-state index contributed by atoms with van der Waals surface area (Å²) in [5, 5.41) is 0. The van der Waals surface area contributed by atoms with E-state index in [1.165, 1.54) is 20.3 Å². The minimum atomic E-state index is -1.32. The molecule has 0 aliphatic heterocycles. The van der Waals surface area contributed by atoms with Crippen molar-refractivity contribution in [1.82, 2.24) is 9.97 Å². The lowest BCUT2D eigenvalue weighted by atomic mass is 10.1. The van der Waals surface area contributed by atoms with Crippen LogP contribution in [0.5, 0.6) is 23.5 Å². The summed E-state index contributed by atoms with van der Waals surface area (Å²) >= 11 is 0. The molecule has 0 unspecified atom stereocenters. The third kappa shape index (κ3) is 5.82. The van der Waals surface area contributed by atoms with Crippen LogP contribution in [0, 0.1) is 0 Å². The Labute approximate surface area is 166 Å². The van der Waals surface area contributed by atoms with Crippen molar-refractivity contribution in [3.05, 3.63) is 42.0 Å². The van der Waals surface area contributed by atoms with Gasteiger partial charge in [0.15, 0.2) is 0 Å². The summed E-state index contributed by atoms with van der Waals surface area (Å²) < 4.78 is 21.5. The molecule has 0 aliphatic rings. The van der Waals surface area contributed by atoms with Crippen molar-refractivity contribution >= 4 is 20.1 Å². The molecule has 2 rings (SSSR count). The van der Waals surface area contributed by atoms with Crippen LogP contribution in [0.2, 0.25) is 25.7 Å². The van der Waals surface area contributed by atoms with Gasteiger partial charge in [0.1, 0.15) is 11.3 Å². The third-order valence-electron chi connectivity index (χ3n) is 3.85. The van der Waals surface area contributed by atoms with E-state index in [4.69, 9.17) is 18.9 Å². The van der Waals surface area contributed by atoms with Gasteiger partial charge in [-0.15, -0.1) is 0 Å². The van der Waals surface area contributed by atoms with Gasteiger partial charge in [-0.3, -0.25) is 0 Å². The molecule has 0 radical (unpaired) electrons. The largest absolute Gasteiger partial charge is 0.481 e. The van der Waals surface area contributed by atoms with Gasteiger partial charge in [-0.1, -0.05) is 44.4 Å². The molecule has 0 atom stereocenters. The molecule has 1 heterocycles. The topological polar surface area (TPSA) is 79.8 Å². The second kappa shape index (κ2) is 9.36. The third-order valence-corrected chi connectivity index (χ3v) is 5.55. The highest BCUT2D eigenvalue weighted by molar-refractivity contribution is 6.76. The Kier molecular flexibility index (Phi) is 7.16. The number of carbonyl (C=O) groups excluding carboxylic acids is 1. The fraction of sp³-hybridized carbons (Fsp3) is 0.350. The van der Waals surface area contributed by atoms with E-state index >= 15 is 0 Å². The van der Waals surface area contributed by atoms with E-state index in [0.29, 0.717) is 12.2 Å². The highest BCUT2D eigenvalue weighted by Crippen LogP contribution is 2.30. The summed E-state index contributed by atoms with van der Waals surface area (Å²) in [5.74, 6) is 0.353. The summed E-state index contributed by atoms with van der Waals surface area (Å²) in [4.78, 5) is 21.0. The number of esters is 1. The normalized spacial score (nSPS) is 10.9. The number of rotatable bonds is 9. The van der Waals surface area contributed by atoms with Crippen LogP contribution < -0.4 is 14.2 Å². The zero-order chi connectivity index (χ0) is 20.7. The van der Waals surface area contributed by atoms with Gasteiger partial charge in [-0.25, -0.2) is 4.79 Å². The first-order chi connectivity index (χ1) is 13.3. The van der Waals surface area contributed by atoms with Crippen molar-refractivity contribution in [2.24, 2.45) is 0 Å². The lowest BCUT2D eigenvalue weighted by molar-refractivity contribution is 0.0522. The minimum Gasteiger partial charge on any atom is -0.481 e. The van der Waals surface area contributed by atoms with Crippen molar-refractivity contribution < 1.29 is 23.7 Å². The predicted octanol–water partition coefficient (Wildman–Crippen LogP) is 4.42. The standard InChI is InChI=1S/C20H26N2O5Si/c1-7-14-9-8-10-15(18(14)19(23)26-11-12-28(4,5)6)27-20-21-16(24-2)13-17(22-20)25-3/h7-10,13H,1,11-12H2,2-6H3. The number of methoxy groups -OCH3 is 2. The summed E-state index contributed by atoms with van der Waals surface area (Å²) in [7, 11) is 1.64. The first kappa shape index (κ1) is 21.4. The summed E-state index contributed by atoms with van der Waals surface area (Å²) in [6.45, 7) is 10.8. The zero-order valence-electron chi connectivity index (χ0n) is 16.9. The van der Waals surface area contributed by atoms with Gasteiger partial charge in [0, 0.05) is 8.07 Å². The van der Waals surface area contributed by atoms with E-state index in [0.717, 1.165) is 6.04 Å². The van der Waals surface area contributed by atoms with E-state index < -0.39 is 14.0 Å². The molecule has 28 heavy (non-hydrogen) atoms. The number of aromatic nitrogens is 2. The van der Waals surface area contributed by atoms with Crippen LogP contribution in [-0.2, 0) is 4.74 Å². The molecular formula is C20H26N2O5Si. The molecule has 0 bridgehead atoms. The van der Waals surface area contributed by atoms with E-state index in [1.807, 2.05) is 0 Å². The van der Waals surface area contributed by atoms with Crippen molar-refractivity contribution in [1.29, 1.82) is 0 Å². The Bertz CT molecular complexity index is 827. The molecular weight excluding hydrogens is 376 g/mol. The SMILES string of the molecule is C=Cc1cccc(Oc2nc(OC)cc(OC)n2)c1C(=O)OCC[Si](C)(C)C. The van der Waals surface area contributed by atoms with E-state index in [9.17, 15) is 4.79 Å². The molecule has 2 aromatic rings. The maximum Gasteiger partial charge on any atom is 0.342 e. The fourth-order valence-corrected chi connectivity index (χ4v) is 3.00. The second-order valence-electron chi connectivity index (χ2n) is 7.21. The van der Waals surface area contributed by atoms with Crippen molar-refractivity contribution in [2.75, 3.05) is 20.8 Å². The molecule has 8 heteroatoms. The molecule has 1 aromatic carbocycles. The first-order valence-electron chi connectivity index (χ1n) is 8.85. The van der Waals surface area contributed by atoms with Gasteiger partial charge in [-0.05, 0) is 17.7 Å². The van der Waals surface area contributed by atoms with Gasteiger partial charge in [-0.2, -0.15) is 9.97 Å². The van der Waals surface area contributed by atoms with E-state index in [2.05, 4.69) is 36.2 Å². The molecule has 0 saturated heterocycles. The Morgan fingerprint density at radius 2 is 1.79 bits per heavy atom. The summed E-state index contributed by atoms with van der Waals surface area (Å²) in [6.07, 6.45) is 1.58. The lowest BCUT2D eigenvalue weighted by Crippen LogP contribution is -2.23. The predicted molar refractivity (Wildman–Crippen MR) is 110 cm³/mol. The number of carbonyl (C=O) groups is 1. The molecule has 150 valence electrons. The molecule has 0 amide bonds. The second-order valence-corrected chi connectivity index (χ2v) is 12.8. The van der Waals surface area contributed by atoms with Crippen LogP contribution in [0.25, 0.3) is 6.08 Å². The quantitative estimate of drug-likeness (QED) is 0.453. The Morgan fingerprint density at radius 1 is 1.14 bits per heavy atom. The number of nitrogens with zero attached hydrogens (tertiary/aromatic N) is 2. The fourth-order valence-electron chi connectivity index (χ4n) is 2.28. The number of hydrogen-bond donors (Lipinski definition) is 0. The van der Waals surface area contributed by atoms with Crippen molar-refractivity contribution in [3.63, 3.8) is 0 Å². The minimum absolute atomic E-state index is 0.00596. The van der Waals surface area contributed by atoms with E-state index in [1.54, 1.807) is 24.3 Å². The molecule has 0 N–H and O–H groups in total. The number of hydrogen-bond acceptors (Lipinski definition) is 7. The van der Waals surface area contributed by atoms with Crippen LogP contribution in [0.15, 0.2) is 30.8 Å². The maximum absolute atomic E-state index is 12.7.